The van der Waals surface area contributed by atoms with Crippen molar-refractivity contribution in [3.05, 3.63) is 41.6 Å². The number of allylic oxidation sites excluding steroid dienone is 1. The van der Waals surface area contributed by atoms with Crippen LogP contribution >= 0.6 is 11.8 Å². The molecular formula is C44H59N7O8S2. The highest BCUT2D eigenvalue weighted by molar-refractivity contribution is 8.14. The number of hydrogen-bond acceptors (Lipinski definition) is 11. The Kier molecular flexibility index (Phi) is 12.4. The molecule has 3 aliphatic carbocycles. The van der Waals surface area contributed by atoms with E-state index in [0.29, 0.717) is 67.3 Å². The van der Waals surface area contributed by atoms with E-state index in [0.717, 1.165) is 34.6 Å². The van der Waals surface area contributed by atoms with Crippen molar-refractivity contribution in [3.63, 3.8) is 0 Å². The van der Waals surface area contributed by atoms with Crippen molar-refractivity contribution in [1.82, 2.24) is 30.1 Å². The van der Waals surface area contributed by atoms with Crippen LogP contribution in [-0.2, 0) is 24.4 Å². The van der Waals surface area contributed by atoms with Crippen molar-refractivity contribution >= 4 is 61.5 Å². The van der Waals surface area contributed by atoms with E-state index >= 15 is 0 Å². The van der Waals surface area contributed by atoms with Gasteiger partial charge in [-0.3, -0.25) is 24.1 Å². The predicted octanol–water partition coefficient (Wildman–Crippen LogP) is 4.98. The molecule has 330 valence electrons. The van der Waals surface area contributed by atoms with Gasteiger partial charge in [0.1, 0.15) is 40.3 Å². The largest absolute Gasteiger partial charge is 0.496 e. The highest BCUT2D eigenvalue weighted by atomic mass is 32.2. The summed E-state index contributed by atoms with van der Waals surface area (Å²) in [6.07, 6.45) is 10.2. The number of rotatable bonds is 11. The molecule has 0 spiro atoms. The fraction of sp³-hybridized carbons (Fsp3) is 0.636. The molecule has 3 saturated carbocycles. The summed E-state index contributed by atoms with van der Waals surface area (Å²) in [6.45, 7) is 8.14. The van der Waals surface area contributed by atoms with Gasteiger partial charge in [0, 0.05) is 47.7 Å². The Hall–Kier alpha value is -4.38. The van der Waals surface area contributed by atoms with Gasteiger partial charge in [-0.2, -0.15) is 0 Å². The predicted molar refractivity (Wildman–Crippen MR) is 234 cm³/mol. The van der Waals surface area contributed by atoms with Crippen LogP contribution in [0.1, 0.15) is 103 Å². The normalized spacial score (nSPS) is 28.8. The van der Waals surface area contributed by atoms with E-state index < -0.39 is 62.6 Å². The number of aromatic nitrogens is 1. The topological polar surface area (TPSA) is 189 Å². The number of fused-ring (bicyclic) bond motifs is 3. The SMILES string of the molecule is CCN(C(=O)N[C@H]1CCCCC/C=C\[C@@H]2C[C@@]2(C(=O)NS(=O)(=O)C2CC2)NC(=O)[C@@H]2C[C@@H](Oc3cc(C4=NC(C5CC5)CS4)nc4c(C)c(OC)ccc34)CN2C1=O)C(C)C. The highest BCUT2D eigenvalue weighted by Gasteiger charge is 2.62. The fourth-order valence-electron chi connectivity index (χ4n) is 9.06. The Morgan fingerprint density at radius 3 is 2.59 bits per heavy atom. The Morgan fingerprint density at radius 2 is 1.89 bits per heavy atom. The number of carbonyl (C=O) groups excluding carboxylic acids is 4. The number of nitrogens with zero attached hydrogens (tertiary/aromatic N) is 4. The first-order valence-electron chi connectivity index (χ1n) is 22.0. The van der Waals surface area contributed by atoms with E-state index in [9.17, 15) is 27.6 Å². The highest BCUT2D eigenvalue weighted by Crippen LogP contribution is 2.46. The summed E-state index contributed by atoms with van der Waals surface area (Å²) in [5.41, 5.74) is 0.718. The summed E-state index contributed by atoms with van der Waals surface area (Å²) in [5, 5.41) is 6.92. The number of pyridine rings is 1. The number of urea groups is 1. The van der Waals surface area contributed by atoms with Crippen molar-refractivity contribution in [2.45, 2.75) is 139 Å². The second-order valence-electron chi connectivity index (χ2n) is 17.8. The van der Waals surface area contributed by atoms with Gasteiger partial charge in [-0.1, -0.05) is 25.0 Å². The fourth-order valence-corrected chi connectivity index (χ4v) is 11.6. The third kappa shape index (κ3) is 9.09. The molecule has 1 saturated heterocycles. The smallest absolute Gasteiger partial charge is 0.318 e. The van der Waals surface area contributed by atoms with Gasteiger partial charge in [0.2, 0.25) is 21.8 Å². The van der Waals surface area contributed by atoms with Crippen molar-refractivity contribution in [1.29, 1.82) is 0 Å². The minimum absolute atomic E-state index is 0.0251. The molecule has 4 heterocycles. The van der Waals surface area contributed by atoms with E-state index in [2.05, 4.69) is 15.4 Å². The number of carbonyl (C=O) groups is 4. The van der Waals surface area contributed by atoms with Gasteiger partial charge in [-0.25, -0.2) is 18.2 Å². The lowest BCUT2D eigenvalue weighted by Crippen LogP contribution is -2.59. The van der Waals surface area contributed by atoms with Crippen LogP contribution in [0.25, 0.3) is 10.9 Å². The monoisotopic (exact) mass is 877 g/mol. The maximum absolute atomic E-state index is 14.9. The lowest BCUT2D eigenvalue weighted by atomic mass is 10.0. The lowest BCUT2D eigenvalue weighted by molar-refractivity contribution is -0.141. The number of hydrogen-bond donors (Lipinski definition) is 3. The molecule has 61 heavy (non-hydrogen) atoms. The van der Waals surface area contributed by atoms with Gasteiger partial charge in [0.15, 0.2) is 0 Å². The molecule has 6 atom stereocenters. The van der Waals surface area contributed by atoms with Crippen LogP contribution < -0.4 is 24.8 Å². The maximum atomic E-state index is 14.9. The van der Waals surface area contributed by atoms with Crippen LogP contribution in [0.3, 0.4) is 0 Å². The molecular weight excluding hydrogens is 819 g/mol. The number of nitrogens with one attached hydrogen (secondary N) is 3. The van der Waals surface area contributed by atoms with E-state index in [-0.39, 0.29) is 37.5 Å². The second kappa shape index (κ2) is 17.4. The number of benzene rings is 1. The molecule has 17 heteroatoms. The van der Waals surface area contributed by atoms with Crippen LogP contribution in [0.15, 0.2) is 35.3 Å². The maximum Gasteiger partial charge on any atom is 0.318 e. The average molecular weight is 878 g/mol. The molecule has 1 aromatic carbocycles. The number of aliphatic imine (C=N–C) groups is 1. The zero-order chi connectivity index (χ0) is 43.2. The summed E-state index contributed by atoms with van der Waals surface area (Å²) in [6, 6.07) is 3.43. The number of thioether (sulfide) groups is 1. The molecule has 5 amide bonds. The Labute approximate surface area is 362 Å². The van der Waals surface area contributed by atoms with Crippen LogP contribution in [0.4, 0.5) is 4.79 Å². The first-order chi connectivity index (χ1) is 29.2. The standard InChI is InChI=1S/C44H59N7O8S2/c1-6-50(25(2)3)43(55)47-32-13-11-9-7-8-10-12-28-22-44(28,42(54)49-61(56,57)30-16-17-30)48-39(52)35-20-29(23-51(35)41(32)53)59-37-21-33(40-46-34(24-60-40)27-14-15-27)45-38-26(4)36(58-5)19-18-31(37)38/h10,12,18-19,21,25,27-30,32,34-35H,6-9,11,13-17,20,22-24H2,1-5H3,(H,47,55)(H,48,52)(H,49,54)/b12-10-/t28-,29-,32+,34?,35+,44-/m1/s1. The minimum Gasteiger partial charge on any atom is -0.496 e. The molecule has 3 N–H and O–H groups in total. The molecule has 1 unspecified atom stereocenters. The number of ether oxygens (including phenoxy) is 2. The van der Waals surface area contributed by atoms with Crippen molar-refractivity contribution in [2.75, 3.05) is 26.0 Å². The van der Waals surface area contributed by atoms with E-state index in [1.165, 1.54) is 17.7 Å². The molecule has 4 fully saturated rings. The van der Waals surface area contributed by atoms with Gasteiger partial charge in [0.25, 0.3) is 5.91 Å². The van der Waals surface area contributed by atoms with Gasteiger partial charge in [-0.05, 0) is 97.1 Å². The van der Waals surface area contributed by atoms with Gasteiger partial charge in [-0.15, -0.1) is 11.8 Å². The van der Waals surface area contributed by atoms with Crippen LogP contribution in [0.2, 0.25) is 0 Å². The van der Waals surface area contributed by atoms with Crippen LogP contribution in [0.5, 0.6) is 11.5 Å². The number of amides is 5. The molecule has 6 aliphatic rings. The van der Waals surface area contributed by atoms with Gasteiger partial charge >= 0.3 is 6.03 Å². The van der Waals surface area contributed by atoms with Gasteiger partial charge < -0.3 is 29.9 Å². The van der Waals surface area contributed by atoms with Crippen molar-refractivity contribution < 1.29 is 37.1 Å². The van der Waals surface area contributed by atoms with E-state index in [1.54, 1.807) is 23.8 Å². The molecule has 0 radical (unpaired) electrons. The zero-order valence-electron chi connectivity index (χ0n) is 35.8. The molecule has 0 bridgehead atoms. The first kappa shape index (κ1) is 43.3. The van der Waals surface area contributed by atoms with Crippen LogP contribution in [0, 0.1) is 18.8 Å². The Bertz CT molecular complexity index is 2240. The second-order valence-corrected chi connectivity index (χ2v) is 20.8. The summed E-state index contributed by atoms with van der Waals surface area (Å²) in [5.74, 6) is 0.511. The number of sulfonamides is 1. The van der Waals surface area contributed by atoms with Gasteiger partial charge in [0.05, 0.1) is 36.2 Å². The van der Waals surface area contributed by atoms with Crippen molar-refractivity contribution in [2.24, 2.45) is 16.8 Å². The quantitative estimate of drug-likeness (QED) is 0.260. The number of aryl methyl sites for hydroxylation is 1. The zero-order valence-corrected chi connectivity index (χ0v) is 37.4. The molecule has 3 aliphatic heterocycles. The minimum atomic E-state index is -3.90. The first-order valence-corrected chi connectivity index (χ1v) is 24.5. The Morgan fingerprint density at radius 1 is 1.10 bits per heavy atom. The number of methoxy groups -OCH3 is 1. The Balaban J connectivity index is 1.14. The van der Waals surface area contributed by atoms with E-state index in [1.807, 2.05) is 58.0 Å². The van der Waals surface area contributed by atoms with Crippen molar-refractivity contribution in [3.8, 4) is 11.5 Å². The molecule has 8 rings (SSSR count). The third-order valence-corrected chi connectivity index (χ3v) is 16.0. The summed E-state index contributed by atoms with van der Waals surface area (Å²) in [7, 11) is -2.28. The molecule has 1 aromatic heterocycles. The summed E-state index contributed by atoms with van der Waals surface area (Å²) in [4.78, 5) is 70.4. The van der Waals surface area contributed by atoms with E-state index in [4.69, 9.17) is 19.5 Å². The lowest BCUT2D eigenvalue weighted by Gasteiger charge is -2.32. The summed E-state index contributed by atoms with van der Waals surface area (Å²) >= 11 is 1.69. The van der Waals surface area contributed by atoms with Crippen LogP contribution in [-0.4, -0.2) is 119 Å². The average Bonchev–Trinajstić information content (AvgIpc) is 4.18. The molecule has 2 aromatic rings. The third-order valence-electron chi connectivity index (χ3n) is 13.1. The molecule has 15 nitrogen and oxygen atoms in total. The summed E-state index contributed by atoms with van der Waals surface area (Å²) < 4.78 is 40.8.